The van der Waals surface area contributed by atoms with E-state index < -0.39 is 29.2 Å². The SMILES string of the molecule is CCNCc1ccc(S(=O)(=O)N(C)CCC(F)(F)F)nc1. The zero-order chi connectivity index (χ0) is 16.1. The molecule has 1 heterocycles. The Morgan fingerprint density at radius 2 is 2.00 bits per heavy atom. The number of rotatable bonds is 7. The molecule has 0 unspecified atom stereocenters. The second-order valence-corrected chi connectivity index (χ2v) is 6.47. The van der Waals surface area contributed by atoms with Crippen LogP contribution in [0.25, 0.3) is 0 Å². The van der Waals surface area contributed by atoms with Crippen molar-refractivity contribution in [2.75, 3.05) is 20.1 Å². The van der Waals surface area contributed by atoms with Gasteiger partial charge in [-0.25, -0.2) is 13.4 Å². The first kappa shape index (κ1) is 17.9. The van der Waals surface area contributed by atoms with Crippen molar-refractivity contribution in [2.45, 2.75) is 31.1 Å². The van der Waals surface area contributed by atoms with Gasteiger partial charge in [-0.05, 0) is 18.2 Å². The van der Waals surface area contributed by atoms with Gasteiger partial charge in [-0.15, -0.1) is 0 Å². The summed E-state index contributed by atoms with van der Waals surface area (Å²) in [7, 11) is -2.89. The van der Waals surface area contributed by atoms with E-state index in [4.69, 9.17) is 0 Å². The van der Waals surface area contributed by atoms with E-state index >= 15 is 0 Å². The Balaban J connectivity index is 2.77. The predicted octanol–water partition coefficient (Wildman–Crippen LogP) is 1.76. The molecule has 21 heavy (non-hydrogen) atoms. The minimum Gasteiger partial charge on any atom is -0.313 e. The maximum atomic E-state index is 12.1. The molecule has 5 nitrogen and oxygen atoms in total. The third-order valence-electron chi connectivity index (χ3n) is 2.76. The second kappa shape index (κ2) is 7.19. The van der Waals surface area contributed by atoms with Crippen LogP contribution in [0, 0.1) is 0 Å². The van der Waals surface area contributed by atoms with Crippen LogP contribution in [-0.4, -0.2) is 44.0 Å². The molecule has 0 radical (unpaired) electrons. The highest BCUT2D eigenvalue weighted by Crippen LogP contribution is 2.21. The Hall–Kier alpha value is -1.19. The normalized spacial score (nSPS) is 12.9. The first-order chi connectivity index (χ1) is 9.66. The molecule has 1 aromatic heterocycles. The molecule has 0 aromatic carbocycles. The molecule has 0 fully saturated rings. The minimum atomic E-state index is -4.40. The van der Waals surface area contributed by atoms with E-state index in [0.717, 1.165) is 19.2 Å². The topological polar surface area (TPSA) is 62.3 Å². The van der Waals surface area contributed by atoms with Gasteiger partial charge in [0, 0.05) is 26.3 Å². The summed E-state index contributed by atoms with van der Waals surface area (Å²) >= 11 is 0. The molecular formula is C12H18F3N3O2S. The summed E-state index contributed by atoms with van der Waals surface area (Å²) in [5, 5.41) is 2.80. The highest BCUT2D eigenvalue weighted by atomic mass is 32.2. The van der Waals surface area contributed by atoms with Crippen molar-refractivity contribution >= 4 is 10.0 Å². The van der Waals surface area contributed by atoms with Crippen LogP contribution in [0.3, 0.4) is 0 Å². The Labute approximate surface area is 122 Å². The lowest BCUT2D eigenvalue weighted by Gasteiger charge is -2.17. The second-order valence-electron chi connectivity index (χ2n) is 4.48. The number of hydrogen-bond donors (Lipinski definition) is 1. The fraction of sp³-hybridized carbons (Fsp3) is 0.583. The Kier molecular flexibility index (Phi) is 6.11. The van der Waals surface area contributed by atoms with Crippen molar-refractivity contribution in [3.63, 3.8) is 0 Å². The molecule has 9 heteroatoms. The standard InChI is InChI=1S/C12H18F3N3O2S/c1-3-16-8-10-4-5-11(17-9-10)21(19,20)18(2)7-6-12(13,14)15/h4-5,9,16H,3,6-8H2,1-2H3. The van der Waals surface area contributed by atoms with Crippen LogP contribution in [0.15, 0.2) is 23.4 Å². The van der Waals surface area contributed by atoms with E-state index in [2.05, 4.69) is 10.3 Å². The zero-order valence-electron chi connectivity index (χ0n) is 11.8. The molecule has 0 aliphatic carbocycles. The average molecular weight is 325 g/mol. The van der Waals surface area contributed by atoms with Crippen molar-refractivity contribution in [3.05, 3.63) is 23.9 Å². The summed E-state index contributed by atoms with van der Waals surface area (Å²) in [6, 6.07) is 2.88. The first-order valence-electron chi connectivity index (χ1n) is 6.35. The molecule has 0 bridgehead atoms. The summed E-state index contributed by atoms with van der Waals surface area (Å²) < 4.78 is 61.2. The molecule has 0 aliphatic rings. The average Bonchev–Trinajstić information content (AvgIpc) is 2.42. The smallest absolute Gasteiger partial charge is 0.313 e. The number of hydrogen-bond acceptors (Lipinski definition) is 4. The molecule has 0 atom stereocenters. The third-order valence-corrected chi connectivity index (χ3v) is 4.53. The van der Waals surface area contributed by atoms with Crippen LogP contribution in [0.1, 0.15) is 18.9 Å². The molecule has 1 N–H and O–H groups in total. The van der Waals surface area contributed by atoms with Crippen molar-refractivity contribution in [2.24, 2.45) is 0 Å². The lowest BCUT2D eigenvalue weighted by Crippen LogP contribution is -2.31. The Morgan fingerprint density at radius 3 is 2.48 bits per heavy atom. The molecule has 1 rings (SSSR count). The van der Waals surface area contributed by atoms with Crippen LogP contribution < -0.4 is 5.32 Å². The van der Waals surface area contributed by atoms with Gasteiger partial charge in [0.2, 0.25) is 0 Å². The first-order valence-corrected chi connectivity index (χ1v) is 7.79. The van der Waals surface area contributed by atoms with Crippen LogP contribution in [0.2, 0.25) is 0 Å². The largest absolute Gasteiger partial charge is 0.390 e. The number of halogens is 3. The number of aromatic nitrogens is 1. The van der Waals surface area contributed by atoms with Gasteiger partial charge in [-0.3, -0.25) is 0 Å². The maximum Gasteiger partial charge on any atom is 0.390 e. The van der Waals surface area contributed by atoms with Gasteiger partial charge in [0.15, 0.2) is 5.03 Å². The lowest BCUT2D eigenvalue weighted by molar-refractivity contribution is -0.135. The van der Waals surface area contributed by atoms with Crippen LogP contribution >= 0.6 is 0 Å². The summed E-state index contributed by atoms with van der Waals surface area (Å²) in [6.07, 6.45) is -4.19. The number of alkyl halides is 3. The molecular weight excluding hydrogens is 307 g/mol. The van der Waals surface area contributed by atoms with Crippen molar-refractivity contribution in [1.82, 2.24) is 14.6 Å². The molecule has 0 saturated carbocycles. The van der Waals surface area contributed by atoms with Crippen LogP contribution in [-0.2, 0) is 16.6 Å². The quantitative estimate of drug-likeness (QED) is 0.830. The Bertz CT molecular complexity index is 544. The minimum absolute atomic E-state index is 0.257. The van der Waals surface area contributed by atoms with Crippen molar-refractivity contribution < 1.29 is 21.6 Å². The van der Waals surface area contributed by atoms with Crippen molar-refractivity contribution in [3.8, 4) is 0 Å². The number of nitrogens with zero attached hydrogens (tertiary/aromatic N) is 2. The predicted molar refractivity (Wildman–Crippen MR) is 72.1 cm³/mol. The van der Waals surface area contributed by atoms with Crippen LogP contribution in [0.4, 0.5) is 13.2 Å². The van der Waals surface area contributed by atoms with Gasteiger partial charge in [-0.1, -0.05) is 13.0 Å². The summed E-state index contributed by atoms with van der Waals surface area (Å²) in [5.41, 5.74) is 0.800. The van der Waals surface area contributed by atoms with Crippen LogP contribution in [0.5, 0.6) is 0 Å². The van der Waals surface area contributed by atoms with E-state index in [9.17, 15) is 21.6 Å². The van der Waals surface area contributed by atoms with Gasteiger partial charge < -0.3 is 5.32 Å². The molecule has 120 valence electrons. The fourth-order valence-electron chi connectivity index (χ4n) is 1.50. The molecule has 0 saturated heterocycles. The zero-order valence-corrected chi connectivity index (χ0v) is 12.6. The van der Waals surface area contributed by atoms with Gasteiger partial charge in [-0.2, -0.15) is 17.5 Å². The van der Waals surface area contributed by atoms with E-state index in [1.165, 1.54) is 12.3 Å². The summed E-state index contributed by atoms with van der Waals surface area (Å²) in [4.78, 5) is 3.82. The molecule has 1 aromatic rings. The maximum absolute atomic E-state index is 12.1. The van der Waals surface area contributed by atoms with E-state index in [1.807, 2.05) is 6.92 Å². The lowest BCUT2D eigenvalue weighted by atomic mass is 10.3. The van der Waals surface area contributed by atoms with Crippen molar-refractivity contribution in [1.29, 1.82) is 0 Å². The number of pyridine rings is 1. The summed E-state index contributed by atoms with van der Waals surface area (Å²) in [5.74, 6) is 0. The van der Waals surface area contributed by atoms with E-state index in [0.29, 0.717) is 10.8 Å². The molecule has 0 spiro atoms. The summed E-state index contributed by atoms with van der Waals surface area (Å²) in [6.45, 7) is 2.61. The van der Waals surface area contributed by atoms with E-state index in [-0.39, 0.29) is 5.03 Å². The Morgan fingerprint density at radius 1 is 1.33 bits per heavy atom. The number of sulfonamides is 1. The van der Waals surface area contributed by atoms with Gasteiger partial charge in [0.05, 0.1) is 6.42 Å². The molecule has 0 aliphatic heterocycles. The highest BCUT2D eigenvalue weighted by Gasteiger charge is 2.30. The number of nitrogens with one attached hydrogen (secondary N) is 1. The monoisotopic (exact) mass is 325 g/mol. The van der Waals surface area contributed by atoms with E-state index in [1.54, 1.807) is 6.07 Å². The third kappa shape index (κ3) is 5.60. The highest BCUT2D eigenvalue weighted by molar-refractivity contribution is 7.89. The fourth-order valence-corrected chi connectivity index (χ4v) is 2.58. The van der Waals surface area contributed by atoms with Gasteiger partial charge in [0.25, 0.3) is 10.0 Å². The molecule has 0 amide bonds. The van der Waals surface area contributed by atoms with Gasteiger partial charge >= 0.3 is 6.18 Å². The van der Waals surface area contributed by atoms with Gasteiger partial charge in [0.1, 0.15) is 0 Å².